The monoisotopic (exact) mass is 462 g/mol. The zero-order valence-corrected chi connectivity index (χ0v) is 20.5. The Balaban J connectivity index is 1.78. The molecule has 0 radical (unpaired) electrons. The molecule has 176 valence electrons. The average molecular weight is 463 g/mol. The van der Waals surface area contributed by atoms with Gasteiger partial charge in [-0.15, -0.1) is 15.0 Å². The summed E-state index contributed by atoms with van der Waals surface area (Å²) in [4.78, 5) is 1.52. The van der Waals surface area contributed by atoms with Gasteiger partial charge in [-0.25, -0.2) is 0 Å². The molecule has 0 bridgehead atoms. The molecule has 0 saturated heterocycles. The first-order chi connectivity index (χ1) is 16.7. The van der Waals surface area contributed by atoms with Crippen LogP contribution >= 0.6 is 0 Å². The predicted octanol–water partition coefficient (Wildman–Crippen LogP) is 6.36. The molecule has 0 aliphatic rings. The molecule has 4 aromatic carbocycles. The molecule has 0 atom stereocenters. The molecule has 5 aromatic rings. The van der Waals surface area contributed by atoms with Crippen molar-refractivity contribution in [2.75, 3.05) is 5.73 Å². The van der Waals surface area contributed by atoms with Crippen LogP contribution in [-0.2, 0) is 10.8 Å². The number of aromatic hydroxyl groups is 1. The maximum Gasteiger partial charge on any atom is 0.147 e. The molecule has 0 aliphatic heterocycles. The third kappa shape index (κ3) is 3.93. The van der Waals surface area contributed by atoms with Gasteiger partial charge in [0, 0.05) is 22.1 Å². The summed E-state index contributed by atoms with van der Waals surface area (Å²) in [5.41, 5.74) is 11.9. The molecule has 5 rings (SSSR count). The van der Waals surface area contributed by atoms with Gasteiger partial charge in [-0.05, 0) is 41.0 Å². The van der Waals surface area contributed by atoms with Crippen molar-refractivity contribution in [3.05, 3.63) is 113 Å². The van der Waals surface area contributed by atoms with E-state index in [-0.39, 0.29) is 11.2 Å². The summed E-state index contributed by atoms with van der Waals surface area (Å²) in [7, 11) is 0. The molecule has 0 fully saturated rings. The number of nitrogens with two attached hydrogens (primary N) is 1. The van der Waals surface area contributed by atoms with Crippen LogP contribution in [0.1, 0.15) is 49.9 Å². The van der Waals surface area contributed by atoms with Gasteiger partial charge >= 0.3 is 0 Å². The van der Waals surface area contributed by atoms with Crippen LogP contribution in [0.2, 0.25) is 0 Å². The van der Waals surface area contributed by atoms with E-state index in [4.69, 9.17) is 5.73 Å². The molecular formula is C30H30N4O. The SMILES string of the molecule is CC(C)(c1ccccc1)c1cc(-n2nc3ccc(N)cc3n2)c(O)c(C(C)(C)c2ccccc2)c1. The van der Waals surface area contributed by atoms with Crippen molar-refractivity contribution in [1.82, 2.24) is 15.0 Å². The highest BCUT2D eigenvalue weighted by Gasteiger charge is 2.32. The third-order valence-electron chi connectivity index (χ3n) is 7.10. The van der Waals surface area contributed by atoms with Gasteiger partial charge < -0.3 is 10.8 Å². The van der Waals surface area contributed by atoms with Crippen LogP contribution in [0.25, 0.3) is 16.7 Å². The number of aromatic nitrogens is 3. The Labute approximate surface area is 205 Å². The first-order valence-electron chi connectivity index (χ1n) is 11.8. The normalized spacial score (nSPS) is 12.2. The first-order valence-corrected chi connectivity index (χ1v) is 11.8. The van der Waals surface area contributed by atoms with E-state index in [2.05, 4.69) is 80.4 Å². The van der Waals surface area contributed by atoms with E-state index in [1.807, 2.05) is 36.4 Å². The zero-order chi connectivity index (χ0) is 24.8. The highest BCUT2D eigenvalue weighted by Crippen LogP contribution is 2.43. The Morgan fingerprint density at radius 1 is 0.657 bits per heavy atom. The van der Waals surface area contributed by atoms with Crippen molar-refractivity contribution in [2.24, 2.45) is 0 Å². The number of nitrogens with zero attached hydrogens (tertiary/aromatic N) is 3. The zero-order valence-electron chi connectivity index (χ0n) is 20.5. The highest BCUT2D eigenvalue weighted by atomic mass is 16.3. The minimum absolute atomic E-state index is 0.166. The summed E-state index contributed by atoms with van der Waals surface area (Å²) in [6.45, 7) is 8.67. The second kappa shape index (κ2) is 8.27. The Kier molecular flexibility index (Phi) is 5.36. The van der Waals surface area contributed by atoms with Gasteiger partial charge in [0.1, 0.15) is 22.5 Å². The van der Waals surface area contributed by atoms with Crippen LogP contribution in [0.3, 0.4) is 0 Å². The van der Waals surface area contributed by atoms with Crippen molar-refractivity contribution in [1.29, 1.82) is 0 Å². The van der Waals surface area contributed by atoms with E-state index in [9.17, 15) is 5.11 Å². The lowest BCUT2D eigenvalue weighted by Gasteiger charge is -2.32. The van der Waals surface area contributed by atoms with Gasteiger partial charge in [-0.1, -0.05) is 94.4 Å². The summed E-state index contributed by atoms with van der Waals surface area (Å²) in [5.74, 6) is 0.166. The van der Waals surface area contributed by atoms with Crippen LogP contribution in [0.15, 0.2) is 91.0 Å². The predicted molar refractivity (Wildman–Crippen MR) is 142 cm³/mol. The number of fused-ring (bicyclic) bond motifs is 1. The van der Waals surface area contributed by atoms with E-state index >= 15 is 0 Å². The standard InChI is InChI=1S/C30H30N4O/c1-29(2,20-11-7-5-8-12-20)22-17-24(30(3,4)21-13-9-6-10-14-21)28(35)27(18-22)34-32-25-16-15-23(31)19-26(25)33-34/h5-19,35H,31H2,1-4H3. The third-order valence-corrected chi connectivity index (χ3v) is 7.10. The number of rotatable bonds is 5. The second-order valence-corrected chi connectivity index (χ2v) is 10.1. The molecule has 5 heteroatoms. The minimum Gasteiger partial charge on any atom is -0.505 e. The average Bonchev–Trinajstić information content (AvgIpc) is 3.28. The van der Waals surface area contributed by atoms with E-state index in [1.165, 1.54) is 10.4 Å². The van der Waals surface area contributed by atoms with E-state index in [1.54, 1.807) is 12.1 Å². The Hall–Kier alpha value is -4.12. The maximum atomic E-state index is 11.7. The van der Waals surface area contributed by atoms with Crippen molar-refractivity contribution in [3.8, 4) is 11.4 Å². The fourth-order valence-electron chi connectivity index (χ4n) is 4.68. The number of anilines is 1. The molecule has 5 nitrogen and oxygen atoms in total. The van der Waals surface area contributed by atoms with Gasteiger partial charge in [0.2, 0.25) is 0 Å². The largest absolute Gasteiger partial charge is 0.505 e. The Morgan fingerprint density at radius 2 is 1.23 bits per heavy atom. The van der Waals surface area contributed by atoms with Crippen LogP contribution in [0.4, 0.5) is 5.69 Å². The number of hydrogen-bond acceptors (Lipinski definition) is 4. The van der Waals surface area contributed by atoms with Gasteiger partial charge in [0.15, 0.2) is 0 Å². The fraction of sp³-hybridized carbons (Fsp3) is 0.200. The topological polar surface area (TPSA) is 77.0 Å². The molecule has 0 aliphatic carbocycles. The van der Waals surface area contributed by atoms with E-state index < -0.39 is 5.41 Å². The van der Waals surface area contributed by atoms with Gasteiger partial charge in [0.25, 0.3) is 0 Å². The lowest BCUT2D eigenvalue weighted by molar-refractivity contribution is 0.445. The number of benzene rings is 4. The van der Waals surface area contributed by atoms with Crippen LogP contribution in [0, 0.1) is 0 Å². The summed E-state index contributed by atoms with van der Waals surface area (Å²) < 4.78 is 0. The summed E-state index contributed by atoms with van der Waals surface area (Å²) >= 11 is 0. The summed E-state index contributed by atoms with van der Waals surface area (Å²) in [5, 5.41) is 21.0. The van der Waals surface area contributed by atoms with Gasteiger partial charge in [-0.2, -0.15) is 0 Å². The van der Waals surface area contributed by atoms with Crippen molar-refractivity contribution in [2.45, 2.75) is 38.5 Å². The second-order valence-electron chi connectivity index (χ2n) is 10.1. The molecule has 1 aromatic heterocycles. The number of hydrogen-bond donors (Lipinski definition) is 2. The summed E-state index contributed by atoms with van der Waals surface area (Å²) in [6.07, 6.45) is 0. The quantitative estimate of drug-likeness (QED) is 0.298. The van der Waals surface area contributed by atoms with E-state index in [0.717, 1.165) is 22.2 Å². The lowest BCUT2D eigenvalue weighted by Crippen LogP contribution is -2.24. The van der Waals surface area contributed by atoms with Gasteiger partial charge in [0.05, 0.1) is 0 Å². The fourth-order valence-corrected chi connectivity index (χ4v) is 4.68. The molecule has 1 heterocycles. The Bertz CT molecular complexity index is 1500. The number of nitrogen functional groups attached to an aromatic ring is 1. The molecular weight excluding hydrogens is 432 g/mol. The van der Waals surface area contributed by atoms with Crippen LogP contribution < -0.4 is 5.73 Å². The molecule has 0 unspecified atom stereocenters. The van der Waals surface area contributed by atoms with Gasteiger partial charge in [-0.3, -0.25) is 0 Å². The van der Waals surface area contributed by atoms with Crippen LogP contribution in [0.5, 0.6) is 5.75 Å². The van der Waals surface area contributed by atoms with Crippen molar-refractivity contribution < 1.29 is 5.11 Å². The molecule has 0 amide bonds. The Morgan fingerprint density at radius 3 is 1.86 bits per heavy atom. The molecule has 3 N–H and O–H groups in total. The first kappa shape index (κ1) is 22.7. The van der Waals surface area contributed by atoms with E-state index in [0.29, 0.717) is 16.9 Å². The molecule has 0 saturated carbocycles. The maximum absolute atomic E-state index is 11.7. The molecule has 0 spiro atoms. The highest BCUT2D eigenvalue weighted by molar-refractivity contribution is 5.78. The summed E-state index contributed by atoms with van der Waals surface area (Å²) in [6, 6.07) is 30.2. The van der Waals surface area contributed by atoms with Crippen molar-refractivity contribution in [3.63, 3.8) is 0 Å². The number of phenols is 1. The van der Waals surface area contributed by atoms with Crippen molar-refractivity contribution >= 4 is 16.7 Å². The number of phenolic OH excluding ortho intramolecular Hbond substituents is 1. The van der Waals surface area contributed by atoms with Crippen LogP contribution in [-0.4, -0.2) is 20.1 Å². The lowest BCUT2D eigenvalue weighted by atomic mass is 9.72. The smallest absolute Gasteiger partial charge is 0.147 e. The molecule has 35 heavy (non-hydrogen) atoms. The minimum atomic E-state index is -0.458.